The summed E-state index contributed by atoms with van der Waals surface area (Å²) in [6.45, 7) is 0. The Morgan fingerprint density at radius 2 is 2.27 bits per heavy atom. The van der Waals surface area contributed by atoms with Gasteiger partial charge in [0, 0.05) is 7.05 Å². The van der Waals surface area contributed by atoms with Gasteiger partial charge in [0.05, 0.1) is 6.33 Å². The van der Waals surface area contributed by atoms with Crippen molar-refractivity contribution in [2.45, 2.75) is 5.03 Å². The Kier molecular flexibility index (Phi) is 1.91. The summed E-state index contributed by atoms with van der Waals surface area (Å²) in [6, 6.07) is 0. The number of sulfonamides is 1. The molecule has 5 nitrogen and oxygen atoms in total. The van der Waals surface area contributed by atoms with E-state index >= 15 is 0 Å². The molecule has 0 atom stereocenters. The molecule has 0 aliphatic rings. The fraction of sp³-hybridized carbons (Fsp3) is 0.250. The SMILES string of the molecule is Cn1cnc(Cl)c1S(N)(=O)=O. The number of imidazole rings is 1. The van der Waals surface area contributed by atoms with Crippen LogP contribution in [0.3, 0.4) is 0 Å². The predicted octanol–water partition coefficient (Wildman–Crippen LogP) is -0.279. The van der Waals surface area contributed by atoms with Gasteiger partial charge in [-0.3, -0.25) is 0 Å². The highest BCUT2D eigenvalue weighted by Crippen LogP contribution is 2.16. The number of nitrogens with two attached hydrogens (primary N) is 1. The Bertz CT molecular complexity index is 349. The van der Waals surface area contributed by atoms with Crippen LogP contribution in [0, 0.1) is 0 Å². The Morgan fingerprint density at radius 3 is 2.45 bits per heavy atom. The molecule has 0 radical (unpaired) electrons. The van der Waals surface area contributed by atoms with Gasteiger partial charge in [-0.2, -0.15) is 0 Å². The van der Waals surface area contributed by atoms with Crippen LogP contribution in [-0.2, 0) is 17.1 Å². The first kappa shape index (κ1) is 8.51. The summed E-state index contributed by atoms with van der Waals surface area (Å²) in [5, 5.41) is 4.56. The first-order chi connectivity index (χ1) is 4.93. The van der Waals surface area contributed by atoms with Crippen LogP contribution in [-0.4, -0.2) is 18.0 Å². The quantitative estimate of drug-likeness (QED) is 0.670. The van der Waals surface area contributed by atoms with E-state index in [1.807, 2.05) is 0 Å². The second-order valence-corrected chi connectivity index (χ2v) is 3.83. The average Bonchev–Trinajstić information content (AvgIpc) is 2.08. The first-order valence-electron chi connectivity index (χ1n) is 2.62. The van der Waals surface area contributed by atoms with Crippen molar-refractivity contribution in [2.75, 3.05) is 0 Å². The molecule has 0 aromatic carbocycles. The molecule has 0 aliphatic heterocycles. The van der Waals surface area contributed by atoms with Gasteiger partial charge < -0.3 is 4.57 Å². The van der Waals surface area contributed by atoms with E-state index < -0.39 is 10.0 Å². The average molecular weight is 196 g/mol. The normalized spacial score (nSPS) is 11.9. The van der Waals surface area contributed by atoms with E-state index in [9.17, 15) is 8.42 Å². The number of hydrogen-bond donors (Lipinski definition) is 1. The van der Waals surface area contributed by atoms with Crippen molar-refractivity contribution < 1.29 is 8.42 Å². The molecule has 62 valence electrons. The van der Waals surface area contributed by atoms with Crippen LogP contribution in [0.25, 0.3) is 0 Å². The number of aryl methyl sites for hydroxylation is 1. The minimum atomic E-state index is -3.75. The lowest BCUT2D eigenvalue weighted by Crippen LogP contribution is -2.16. The lowest BCUT2D eigenvalue weighted by Gasteiger charge is -1.97. The van der Waals surface area contributed by atoms with Gasteiger partial charge in [-0.15, -0.1) is 0 Å². The molecule has 0 saturated heterocycles. The van der Waals surface area contributed by atoms with E-state index in [0.717, 1.165) is 0 Å². The van der Waals surface area contributed by atoms with Crippen molar-refractivity contribution in [1.82, 2.24) is 9.55 Å². The Balaban J connectivity index is 3.45. The fourth-order valence-corrected chi connectivity index (χ4v) is 1.94. The fourth-order valence-electron chi connectivity index (χ4n) is 0.709. The molecule has 0 fully saturated rings. The van der Waals surface area contributed by atoms with Crippen LogP contribution in [0.5, 0.6) is 0 Å². The number of rotatable bonds is 1. The van der Waals surface area contributed by atoms with Gasteiger partial charge in [-0.1, -0.05) is 11.6 Å². The summed E-state index contributed by atoms with van der Waals surface area (Å²) < 4.78 is 22.8. The molecule has 0 amide bonds. The third kappa shape index (κ3) is 1.52. The Labute approximate surface area is 68.8 Å². The molecule has 1 aromatic rings. The molecular weight excluding hydrogens is 190 g/mol. The van der Waals surface area contributed by atoms with E-state index in [1.165, 1.54) is 17.9 Å². The summed E-state index contributed by atoms with van der Waals surface area (Å²) in [7, 11) is -2.25. The van der Waals surface area contributed by atoms with Crippen LogP contribution in [0.2, 0.25) is 5.15 Å². The van der Waals surface area contributed by atoms with Gasteiger partial charge >= 0.3 is 0 Å². The Morgan fingerprint density at radius 1 is 1.73 bits per heavy atom. The van der Waals surface area contributed by atoms with E-state index in [-0.39, 0.29) is 10.2 Å². The van der Waals surface area contributed by atoms with Crippen molar-refractivity contribution in [3.8, 4) is 0 Å². The summed E-state index contributed by atoms with van der Waals surface area (Å²) in [5.74, 6) is 0. The minimum Gasteiger partial charge on any atom is -0.322 e. The van der Waals surface area contributed by atoms with Gasteiger partial charge in [-0.25, -0.2) is 18.5 Å². The molecule has 0 bridgehead atoms. The van der Waals surface area contributed by atoms with Gasteiger partial charge in [0.2, 0.25) is 0 Å². The molecule has 11 heavy (non-hydrogen) atoms. The maximum Gasteiger partial charge on any atom is 0.256 e. The zero-order valence-corrected chi connectivity index (χ0v) is 7.22. The molecule has 0 unspecified atom stereocenters. The molecule has 0 spiro atoms. The molecule has 7 heteroatoms. The lowest BCUT2D eigenvalue weighted by atomic mass is 10.9. The third-order valence-electron chi connectivity index (χ3n) is 1.11. The summed E-state index contributed by atoms with van der Waals surface area (Å²) in [6.07, 6.45) is 1.28. The van der Waals surface area contributed by atoms with Crippen LogP contribution in [0.15, 0.2) is 11.4 Å². The summed E-state index contributed by atoms with van der Waals surface area (Å²) >= 11 is 5.44. The predicted molar refractivity (Wildman–Crippen MR) is 39.6 cm³/mol. The zero-order valence-electron chi connectivity index (χ0n) is 5.65. The second kappa shape index (κ2) is 2.47. The van der Waals surface area contributed by atoms with Crippen molar-refractivity contribution in [3.05, 3.63) is 11.5 Å². The molecule has 2 N–H and O–H groups in total. The lowest BCUT2D eigenvalue weighted by molar-refractivity contribution is 0.587. The first-order valence-corrected chi connectivity index (χ1v) is 4.55. The molecular formula is C4H6ClN3O2S. The van der Waals surface area contributed by atoms with E-state index in [1.54, 1.807) is 0 Å². The van der Waals surface area contributed by atoms with E-state index in [4.69, 9.17) is 16.7 Å². The number of halogens is 1. The topological polar surface area (TPSA) is 78.0 Å². The maximum absolute atomic E-state index is 10.8. The van der Waals surface area contributed by atoms with Gasteiger partial charge in [0.1, 0.15) is 0 Å². The maximum atomic E-state index is 10.8. The van der Waals surface area contributed by atoms with Crippen LogP contribution in [0.4, 0.5) is 0 Å². The highest BCUT2D eigenvalue weighted by Gasteiger charge is 2.17. The minimum absolute atomic E-state index is 0.102. The van der Waals surface area contributed by atoms with Gasteiger partial charge in [-0.05, 0) is 0 Å². The van der Waals surface area contributed by atoms with Crippen molar-refractivity contribution in [2.24, 2.45) is 12.2 Å². The largest absolute Gasteiger partial charge is 0.322 e. The smallest absolute Gasteiger partial charge is 0.256 e. The third-order valence-corrected chi connectivity index (χ3v) is 2.52. The van der Waals surface area contributed by atoms with Crippen molar-refractivity contribution >= 4 is 21.6 Å². The van der Waals surface area contributed by atoms with Crippen molar-refractivity contribution in [1.29, 1.82) is 0 Å². The molecule has 0 aliphatic carbocycles. The van der Waals surface area contributed by atoms with Crippen LogP contribution < -0.4 is 5.14 Å². The van der Waals surface area contributed by atoms with Gasteiger partial charge in [0.25, 0.3) is 10.0 Å². The molecule has 1 rings (SSSR count). The number of hydrogen-bond acceptors (Lipinski definition) is 3. The van der Waals surface area contributed by atoms with E-state index in [2.05, 4.69) is 4.98 Å². The number of primary sulfonamides is 1. The zero-order chi connectivity index (χ0) is 8.65. The second-order valence-electron chi connectivity index (χ2n) is 2.00. The van der Waals surface area contributed by atoms with Crippen LogP contribution >= 0.6 is 11.6 Å². The molecule has 1 heterocycles. The van der Waals surface area contributed by atoms with Gasteiger partial charge in [0.15, 0.2) is 10.2 Å². The number of aromatic nitrogens is 2. The highest BCUT2D eigenvalue weighted by atomic mass is 35.5. The number of nitrogens with zero attached hydrogens (tertiary/aromatic N) is 2. The van der Waals surface area contributed by atoms with Crippen LogP contribution in [0.1, 0.15) is 0 Å². The monoisotopic (exact) mass is 195 g/mol. The molecule has 1 aromatic heterocycles. The summed E-state index contributed by atoms with van der Waals surface area (Å²) in [4.78, 5) is 3.55. The molecule has 0 saturated carbocycles. The standard InChI is InChI=1S/C4H6ClN3O2S/c1-8-2-7-3(5)4(8)11(6,9)10/h2H,1H3,(H2,6,9,10). The Hall–Kier alpha value is -0.590. The van der Waals surface area contributed by atoms with E-state index in [0.29, 0.717) is 0 Å². The highest BCUT2D eigenvalue weighted by molar-refractivity contribution is 7.89. The summed E-state index contributed by atoms with van der Waals surface area (Å²) in [5.41, 5.74) is 0. The van der Waals surface area contributed by atoms with Crippen molar-refractivity contribution in [3.63, 3.8) is 0 Å².